The standard InChI is InChI=1S/C20H27NO3/c1-5-14-6-8-15(9-7-14)12-16(13-21)17-10-11-18(22-2)20(24-4)19(17)23-3/h6-11,16H,5,12-13,21H2,1-4H3. The topological polar surface area (TPSA) is 53.7 Å². The van der Waals surface area contributed by atoms with E-state index in [1.54, 1.807) is 21.3 Å². The first-order chi connectivity index (χ1) is 11.7. The Kier molecular flexibility index (Phi) is 6.50. The van der Waals surface area contributed by atoms with E-state index in [9.17, 15) is 0 Å². The lowest BCUT2D eigenvalue weighted by Gasteiger charge is -2.21. The molecule has 2 aromatic rings. The van der Waals surface area contributed by atoms with Gasteiger partial charge in [-0.05, 0) is 36.6 Å². The average molecular weight is 329 g/mol. The fraction of sp³-hybridized carbons (Fsp3) is 0.400. The van der Waals surface area contributed by atoms with Gasteiger partial charge in [0.05, 0.1) is 21.3 Å². The van der Waals surface area contributed by atoms with E-state index in [0.29, 0.717) is 23.8 Å². The number of ether oxygens (including phenoxy) is 3. The summed E-state index contributed by atoms with van der Waals surface area (Å²) in [6.45, 7) is 2.69. The second kappa shape index (κ2) is 8.60. The van der Waals surface area contributed by atoms with Crippen LogP contribution >= 0.6 is 0 Å². The van der Waals surface area contributed by atoms with Crippen LogP contribution in [-0.2, 0) is 12.8 Å². The van der Waals surface area contributed by atoms with Crippen molar-refractivity contribution in [2.75, 3.05) is 27.9 Å². The summed E-state index contributed by atoms with van der Waals surface area (Å²) in [6, 6.07) is 12.6. The smallest absolute Gasteiger partial charge is 0.203 e. The van der Waals surface area contributed by atoms with Gasteiger partial charge in [0.15, 0.2) is 11.5 Å². The van der Waals surface area contributed by atoms with Crippen LogP contribution in [-0.4, -0.2) is 27.9 Å². The highest BCUT2D eigenvalue weighted by Gasteiger charge is 2.21. The third-order valence-corrected chi connectivity index (χ3v) is 4.37. The van der Waals surface area contributed by atoms with Gasteiger partial charge in [0.1, 0.15) is 0 Å². The van der Waals surface area contributed by atoms with E-state index in [-0.39, 0.29) is 5.92 Å². The van der Waals surface area contributed by atoms with Crippen LogP contribution in [0.4, 0.5) is 0 Å². The van der Waals surface area contributed by atoms with Crippen LogP contribution in [0.1, 0.15) is 29.5 Å². The quantitative estimate of drug-likeness (QED) is 0.804. The number of hydrogen-bond donors (Lipinski definition) is 1. The molecule has 0 amide bonds. The fourth-order valence-corrected chi connectivity index (χ4v) is 2.96. The Bertz CT molecular complexity index is 653. The van der Waals surface area contributed by atoms with Gasteiger partial charge in [-0.25, -0.2) is 0 Å². The zero-order valence-corrected chi connectivity index (χ0v) is 15.0. The van der Waals surface area contributed by atoms with Gasteiger partial charge in [-0.1, -0.05) is 37.3 Å². The summed E-state index contributed by atoms with van der Waals surface area (Å²) in [5.74, 6) is 2.10. The minimum absolute atomic E-state index is 0.146. The highest BCUT2D eigenvalue weighted by atomic mass is 16.5. The molecule has 1 atom stereocenters. The van der Waals surface area contributed by atoms with Gasteiger partial charge >= 0.3 is 0 Å². The second-order valence-corrected chi connectivity index (χ2v) is 5.73. The molecule has 4 heteroatoms. The van der Waals surface area contributed by atoms with E-state index in [0.717, 1.165) is 18.4 Å². The largest absolute Gasteiger partial charge is 0.493 e. The molecule has 0 aliphatic heterocycles. The molecule has 0 aliphatic carbocycles. The minimum atomic E-state index is 0.146. The Morgan fingerprint density at radius 3 is 1.96 bits per heavy atom. The van der Waals surface area contributed by atoms with Gasteiger partial charge in [-0.2, -0.15) is 0 Å². The molecule has 0 aromatic heterocycles. The molecular formula is C20H27NO3. The molecule has 130 valence electrons. The van der Waals surface area contributed by atoms with E-state index in [1.165, 1.54) is 11.1 Å². The van der Waals surface area contributed by atoms with Crippen molar-refractivity contribution in [3.63, 3.8) is 0 Å². The van der Waals surface area contributed by atoms with Crippen molar-refractivity contribution in [1.82, 2.24) is 0 Å². The molecule has 2 rings (SSSR count). The monoisotopic (exact) mass is 329 g/mol. The summed E-state index contributed by atoms with van der Waals surface area (Å²) in [7, 11) is 4.88. The second-order valence-electron chi connectivity index (χ2n) is 5.73. The number of hydrogen-bond acceptors (Lipinski definition) is 4. The van der Waals surface area contributed by atoms with Crippen LogP contribution in [0, 0.1) is 0 Å². The Morgan fingerprint density at radius 1 is 0.833 bits per heavy atom. The number of nitrogens with two attached hydrogens (primary N) is 1. The van der Waals surface area contributed by atoms with Crippen molar-refractivity contribution >= 4 is 0 Å². The lowest BCUT2D eigenvalue weighted by Crippen LogP contribution is -2.16. The molecule has 0 saturated carbocycles. The molecule has 0 bridgehead atoms. The third-order valence-electron chi connectivity index (χ3n) is 4.37. The van der Waals surface area contributed by atoms with Crippen molar-refractivity contribution in [2.45, 2.75) is 25.7 Å². The van der Waals surface area contributed by atoms with Crippen LogP contribution < -0.4 is 19.9 Å². The van der Waals surface area contributed by atoms with Crippen molar-refractivity contribution in [1.29, 1.82) is 0 Å². The fourth-order valence-electron chi connectivity index (χ4n) is 2.96. The lowest BCUT2D eigenvalue weighted by molar-refractivity contribution is 0.320. The van der Waals surface area contributed by atoms with Crippen molar-refractivity contribution in [3.8, 4) is 17.2 Å². The highest BCUT2D eigenvalue weighted by Crippen LogP contribution is 2.43. The Labute approximate surface area is 144 Å². The van der Waals surface area contributed by atoms with Crippen LogP contribution in [0.2, 0.25) is 0 Å². The summed E-state index contributed by atoms with van der Waals surface area (Å²) in [5, 5.41) is 0. The summed E-state index contributed by atoms with van der Waals surface area (Å²) in [4.78, 5) is 0. The van der Waals surface area contributed by atoms with Gasteiger partial charge in [-0.3, -0.25) is 0 Å². The minimum Gasteiger partial charge on any atom is -0.493 e. The molecule has 4 nitrogen and oxygen atoms in total. The normalized spacial score (nSPS) is 11.9. The predicted octanol–water partition coefficient (Wildman–Crippen LogP) is 3.56. The van der Waals surface area contributed by atoms with Crippen LogP contribution in [0.5, 0.6) is 17.2 Å². The summed E-state index contributed by atoms with van der Waals surface area (Å²) < 4.78 is 16.4. The summed E-state index contributed by atoms with van der Waals surface area (Å²) >= 11 is 0. The van der Waals surface area contributed by atoms with E-state index < -0.39 is 0 Å². The first kappa shape index (κ1) is 18.1. The molecule has 0 spiro atoms. The van der Waals surface area contributed by atoms with Gasteiger partial charge in [0, 0.05) is 11.5 Å². The van der Waals surface area contributed by atoms with Crippen molar-refractivity contribution in [3.05, 3.63) is 53.1 Å². The van der Waals surface area contributed by atoms with Crippen molar-refractivity contribution in [2.24, 2.45) is 5.73 Å². The van der Waals surface area contributed by atoms with E-state index in [1.807, 2.05) is 12.1 Å². The van der Waals surface area contributed by atoms with Crippen LogP contribution in [0.3, 0.4) is 0 Å². The van der Waals surface area contributed by atoms with E-state index >= 15 is 0 Å². The summed E-state index contributed by atoms with van der Waals surface area (Å²) in [5.41, 5.74) is 9.71. The van der Waals surface area contributed by atoms with Crippen LogP contribution in [0.15, 0.2) is 36.4 Å². The Balaban J connectivity index is 2.35. The molecule has 0 aliphatic rings. The number of benzene rings is 2. The van der Waals surface area contributed by atoms with Gasteiger partial charge in [0.2, 0.25) is 5.75 Å². The van der Waals surface area contributed by atoms with Gasteiger partial charge in [-0.15, -0.1) is 0 Å². The Hall–Kier alpha value is -2.20. The maximum Gasteiger partial charge on any atom is 0.203 e. The zero-order chi connectivity index (χ0) is 17.5. The van der Waals surface area contributed by atoms with Crippen LogP contribution in [0.25, 0.3) is 0 Å². The summed E-state index contributed by atoms with van der Waals surface area (Å²) in [6.07, 6.45) is 1.90. The van der Waals surface area contributed by atoms with Gasteiger partial charge < -0.3 is 19.9 Å². The maximum absolute atomic E-state index is 6.07. The molecule has 0 fully saturated rings. The average Bonchev–Trinajstić information content (AvgIpc) is 2.65. The Morgan fingerprint density at radius 2 is 1.46 bits per heavy atom. The first-order valence-corrected chi connectivity index (χ1v) is 8.25. The number of aryl methyl sites for hydroxylation is 1. The van der Waals surface area contributed by atoms with E-state index in [2.05, 4.69) is 31.2 Å². The highest BCUT2D eigenvalue weighted by molar-refractivity contribution is 5.57. The third kappa shape index (κ3) is 3.82. The molecule has 2 N–H and O–H groups in total. The SMILES string of the molecule is CCc1ccc(CC(CN)c2ccc(OC)c(OC)c2OC)cc1. The maximum atomic E-state index is 6.07. The zero-order valence-electron chi connectivity index (χ0n) is 15.0. The number of methoxy groups -OCH3 is 3. The first-order valence-electron chi connectivity index (χ1n) is 8.25. The van der Waals surface area contributed by atoms with E-state index in [4.69, 9.17) is 19.9 Å². The molecule has 2 aromatic carbocycles. The molecule has 1 unspecified atom stereocenters. The molecular weight excluding hydrogens is 302 g/mol. The molecule has 0 heterocycles. The predicted molar refractivity (Wildman–Crippen MR) is 97.4 cm³/mol. The number of rotatable bonds is 8. The molecule has 0 radical (unpaired) electrons. The van der Waals surface area contributed by atoms with Gasteiger partial charge in [0.25, 0.3) is 0 Å². The molecule has 0 saturated heterocycles. The van der Waals surface area contributed by atoms with Crippen molar-refractivity contribution < 1.29 is 14.2 Å². The molecule has 24 heavy (non-hydrogen) atoms. The lowest BCUT2D eigenvalue weighted by atomic mass is 9.90.